The first-order chi connectivity index (χ1) is 13.7. The standard InChI is InChI=1S/C21H18N4O3/c26-20-15-7-10-25(21(27)18-11-14-3-1-2-4-17(14)28-18)12-16(15)23-19(24-20)13-5-8-22-9-6-13/h1-6,8-9,18H,7,10-12H2,(H,23,24,26)/t18-/m0/s1. The predicted octanol–water partition coefficient (Wildman–Crippen LogP) is 1.72. The summed E-state index contributed by atoms with van der Waals surface area (Å²) in [4.78, 5) is 38.7. The molecular weight excluding hydrogens is 356 g/mol. The second-order valence-electron chi connectivity index (χ2n) is 7.00. The van der Waals surface area contributed by atoms with Gasteiger partial charge in [0, 0.05) is 36.5 Å². The van der Waals surface area contributed by atoms with Gasteiger partial charge in [-0.1, -0.05) is 18.2 Å². The molecule has 0 saturated heterocycles. The van der Waals surface area contributed by atoms with Gasteiger partial charge in [0.2, 0.25) is 0 Å². The molecule has 0 saturated carbocycles. The molecule has 0 spiro atoms. The van der Waals surface area contributed by atoms with Crippen LogP contribution in [0.15, 0.2) is 53.6 Å². The fourth-order valence-corrected chi connectivity index (χ4v) is 3.80. The van der Waals surface area contributed by atoms with Crippen molar-refractivity contribution in [3.05, 3.63) is 76.0 Å². The van der Waals surface area contributed by atoms with Crippen LogP contribution in [0.2, 0.25) is 0 Å². The summed E-state index contributed by atoms with van der Waals surface area (Å²) >= 11 is 0. The summed E-state index contributed by atoms with van der Waals surface area (Å²) in [5.41, 5.74) is 2.98. The molecule has 5 rings (SSSR count). The average Bonchev–Trinajstić information content (AvgIpc) is 3.17. The number of pyridine rings is 1. The van der Waals surface area contributed by atoms with E-state index in [2.05, 4.69) is 15.0 Å². The van der Waals surface area contributed by atoms with Gasteiger partial charge in [0.05, 0.1) is 12.2 Å². The number of hydrogen-bond acceptors (Lipinski definition) is 5. The number of fused-ring (bicyclic) bond motifs is 2. The normalized spacial score (nSPS) is 17.6. The maximum absolute atomic E-state index is 13.0. The van der Waals surface area contributed by atoms with Crippen LogP contribution in [0.4, 0.5) is 0 Å². The molecule has 0 fully saturated rings. The highest BCUT2D eigenvalue weighted by atomic mass is 16.5. The number of para-hydroxylation sites is 1. The van der Waals surface area contributed by atoms with Crippen molar-refractivity contribution in [1.82, 2.24) is 19.9 Å². The predicted molar refractivity (Wildman–Crippen MR) is 102 cm³/mol. The first kappa shape index (κ1) is 16.7. The molecule has 0 bridgehead atoms. The Kier molecular flexibility index (Phi) is 3.93. The molecule has 2 aromatic heterocycles. The number of aromatic amines is 1. The Hall–Kier alpha value is -3.48. The number of benzene rings is 1. The van der Waals surface area contributed by atoms with Gasteiger partial charge < -0.3 is 14.6 Å². The minimum Gasteiger partial charge on any atom is -0.480 e. The van der Waals surface area contributed by atoms with E-state index < -0.39 is 6.10 Å². The van der Waals surface area contributed by atoms with E-state index in [0.29, 0.717) is 43.0 Å². The van der Waals surface area contributed by atoms with Crippen molar-refractivity contribution >= 4 is 5.91 Å². The zero-order chi connectivity index (χ0) is 19.1. The SMILES string of the molecule is O=C([C@@H]1Cc2ccccc2O1)N1CCc2c(nc(-c3ccncc3)[nH]c2=O)C1. The van der Waals surface area contributed by atoms with Gasteiger partial charge in [-0.25, -0.2) is 4.98 Å². The van der Waals surface area contributed by atoms with Crippen LogP contribution in [0.1, 0.15) is 16.8 Å². The largest absolute Gasteiger partial charge is 0.480 e. The van der Waals surface area contributed by atoms with Crippen LogP contribution in [0.3, 0.4) is 0 Å². The number of nitrogens with one attached hydrogen (secondary N) is 1. The first-order valence-corrected chi connectivity index (χ1v) is 9.25. The Morgan fingerprint density at radius 2 is 2.00 bits per heavy atom. The van der Waals surface area contributed by atoms with Crippen molar-refractivity contribution < 1.29 is 9.53 Å². The lowest BCUT2D eigenvalue weighted by atomic mass is 10.0. The first-order valence-electron chi connectivity index (χ1n) is 9.25. The van der Waals surface area contributed by atoms with Gasteiger partial charge in [-0.15, -0.1) is 0 Å². The van der Waals surface area contributed by atoms with E-state index >= 15 is 0 Å². The zero-order valence-electron chi connectivity index (χ0n) is 15.1. The molecule has 0 aliphatic carbocycles. The van der Waals surface area contributed by atoms with Crippen LogP contribution in [-0.2, 0) is 24.2 Å². The molecule has 1 amide bonds. The number of carbonyl (C=O) groups is 1. The van der Waals surface area contributed by atoms with Gasteiger partial charge in [-0.2, -0.15) is 0 Å². The summed E-state index contributed by atoms with van der Waals surface area (Å²) < 4.78 is 5.84. The van der Waals surface area contributed by atoms with Crippen molar-refractivity contribution in [1.29, 1.82) is 0 Å². The van der Waals surface area contributed by atoms with E-state index in [-0.39, 0.29) is 11.5 Å². The fraction of sp³-hybridized carbons (Fsp3) is 0.238. The highest BCUT2D eigenvalue weighted by Gasteiger charge is 2.34. The Labute approximate surface area is 161 Å². The summed E-state index contributed by atoms with van der Waals surface area (Å²) in [5, 5.41) is 0. The molecule has 140 valence electrons. The van der Waals surface area contributed by atoms with Crippen molar-refractivity contribution in [2.24, 2.45) is 0 Å². The molecule has 1 aromatic carbocycles. The lowest BCUT2D eigenvalue weighted by Gasteiger charge is -2.29. The van der Waals surface area contributed by atoms with Gasteiger partial charge in [-0.05, 0) is 30.2 Å². The number of H-pyrrole nitrogens is 1. The second kappa shape index (κ2) is 6.60. The van der Waals surface area contributed by atoms with E-state index in [1.807, 2.05) is 24.3 Å². The van der Waals surface area contributed by atoms with Gasteiger partial charge >= 0.3 is 0 Å². The quantitative estimate of drug-likeness (QED) is 0.738. The molecule has 1 atom stereocenters. The maximum atomic E-state index is 13.0. The van der Waals surface area contributed by atoms with E-state index in [0.717, 1.165) is 16.9 Å². The third-order valence-electron chi connectivity index (χ3n) is 5.26. The minimum absolute atomic E-state index is 0.0607. The van der Waals surface area contributed by atoms with Crippen LogP contribution in [-0.4, -0.2) is 38.4 Å². The lowest BCUT2D eigenvalue weighted by Crippen LogP contribution is -2.45. The van der Waals surface area contributed by atoms with Crippen molar-refractivity contribution in [3.63, 3.8) is 0 Å². The van der Waals surface area contributed by atoms with Gasteiger partial charge in [0.25, 0.3) is 11.5 Å². The summed E-state index contributed by atoms with van der Waals surface area (Å²) in [6.45, 7) is 0.799. The Bertz CT molecular complexity index is 1090. The Morgan fingerprint density at radius 3 is 2.82 bits per heavy atom. The van der Waals surface area contributed by atoms with E-state index in [4.69, 9.17) is 4.74 Å². The molecule has 4 heterocycles. The molecule has 2 aliphatic heterocycles. The van der Waals surface area contributed by atoms with Crippen LogP contribution >= 0.6 is 0 Å². The molecular formula is C21H18N4O3. The lowest BCUT2D eigenvalue weighted by molar-refractivity contribution is -0.139. The number of nitrogens with zero attached hydrogens (tertiary/aromatic N) is 3. The fourth-order valence-electron chi connectivity index (χ4n) is 3.80. The van der Waals surface area contributed by atoms with E-state index in [1.54, 1.807) is 29.4 Å². The molecule has 2 aliphatic rings. The number of aromatic nitrogens is 3. The highest BCUT2D eigenvalue weighted by molar-refractivity contribution is 5.83. The van der Waals surface area contributed by atoms with Crippen molar-refractivity contribution in [2.45, 2.75) is 25.5 Å². The average molecular weight is 374 g/mol. The van der Waals surface area contributed by atoms with Gasteiger partial charge in [0.15, 0.2) is 6.10 Å². The van der Waals surface area contributed by atoms with Crippen molar-refractivity contribution in [2.75, 3.05) is 6.54 Å². The van der Waals surface area contributed by atoms with Gasteiger partial charge in [0.1, 0.15) is 11.6 Å². The molecule has 7 nitrogen and oxygen atoms in total. The van der Waals surface area contributed by atoms with Crippen molar-refractivity contribution in [3.8, 4) is 17.1 Å². The molecule has 7 heteroatoms. The smallest absolute Gasteiger partial charge is 0.264 e. The Morgan fingerprint density at radius 1 is 1.18 bits per heavy atom. The number of ether oxygens (including phenoxy) is 1. The van der Waals surface area contributed by atoms with Crippen LogP contribution in [0.5, 0.6) is 5.75 Å². The topological polar surface area (TPSA) is 88.2 Å². The van der Waals surface area contributed by atoms with Crippen LogP contribution in [0, 0.1) is 0 Å². The molecule has 28 heavy (non-hydrogen) atoms. The monoisotopic (exact) mass is 374 g/mol. The van der Waals surface area contributed by atoms with E-state index in [9.17, 15) is 9.59 Å². The third-order valence-corrected chi connectivity index (χ3v) is 5.26. The number of rotatable bonds is 2. The third kappa shape index (κ3) is 2.85. The maximum Gasteiger partial charge on any atom is 0.264 e. The molecule has 0 radical (unpaired) electrons. The molecule has 1 N–H and O–H groups in total. The molecule has 3 aromatic rings. The van der Waals surface area contributed by atoms with Crippen LogP contribution in [0.25, 0.3) is 11.4 Å². The van der Waals surface area contributed by atoms with Crippen LogP contribution < -0.4 is 10.3 Å². The summed E-state index contributed by atoms with van der Waals surface area (Å²) in [7, 11) is 0. The number of amides is 1. The van der Waals surface area contributed by atoms with E-state index in [1.165, 1.54) is 0 Å². The minimum atomic E-state index is -0.513. The summed E-state index contributed by atoms with van der Waals surface area (Å²) in [5.74, 6) is 1.20. The zero-order valence-corrected chi connectivity index (χ0v) is 15.1. The second-order valence-corrected chi connectivity index (χ2v) is 7.00. The highest BCUT2D eigenvalue weighted by Crippen LogP contribution is 2.29. The Balaban J connectivity index is 1.40. The molecule has 0 unspecified atom stereocenters. The number of hydrogen-bond donors (Lipinski definition) is 1. The van der Waals surface area contributed by atoms with Gasteiger partial charge in [-0.3, -0.25) is 14.6 Å². The summed E-state index contributed by atoms with van der Waals surface area (Å²) in [6, 6.07) is 11.3. The number of carbonyl (C=O) groups excluding carboxylic acids is 1. The summed E-state index contributed by atoms with van der Waals surface area (Å²) in [6.07, 6.45) is 3.85.